The van der Waals surface area contributed by atoms with Crippen molar-refractivity contribution in [1.29, 1.82) is 0 Å². The highest BCUT2D eigenvalue weighted by Gasteiger charge is 2.22. The molecule has 1 aromatic heterocycles. The SMILES string of the molecule is NN1CCC(Bc2ccc3c(n2)NCCC3)C1. The quantitative estimate of drug-likeness (QED) is 0.549. The lowest BCUT2D eigenvalue weighted by Crippen LogP contribution is -2.30. The zero-order chi connectivity index (χ0) is 11.7. The molecule has 1 unspecified atom stereocenters. The molecule has 5 heteroatoms. The minimum atomic E-state index is 0.675. The highest BCUT2D eigenvalue weighted by Crippen LogP contribution is 2.20. The number of nitrogens with two attached hydrogens (primary N) is 1. The van der Waals surface area contributed by atoms with Gasteiger partial charge in [0, 0.05) is 25.2 Å². The first kappa shape index (κ1) is 11.0. The Morgan fingerprint density at radius 1 is 1.47 bits per heavy atom. The zero-order valence-corrected chi connectivity index (χ0v) is 10.2. The summed E-state index contributed by atoms with van der Waals surface area (Å²) in [6.07, 6.45) is 3.58. The minimum Gasteiger partial charge on any atom is -0.370 e. The predicted molar refractivity (Wildman–Crippen MR) is 72.0 cm³/mol. The third-order valence-corrected chi connectivity index (χ3v) is 3.77. The maximum atomic E-state index is 5.79. The summed E-state index contributed by atoms with van der Waals surface area (Å²) in [7, 11) is 1.06. The lowest BCUT2D eigenvalue weighted by molar-refractivity contribution is 0.355. The van der Waals surface area contributed by atoms with Crippen LogP contribution in [0.5, 0.6) is 0 Å². The van der Waals surface area contributed by atoms with Gasteiger partial charge in [0.25, 0.3) is 0 Å². The molecule has 0 radical (unpaired) electrons. The van der Waals surface area contributed by atoms with Gasteiger partial charge >= 0.3 is 0 Å². The van der Waals surface area contributed by atoms with E-state index in [1.54, 1.807) is 0 Å². The van der Waals surface area contributed by atoms with Gasteiger partial charge in [0.2, 0.25) is 0 Å². The molecular formula is C12H19BN4. The molecule has 2 aliphatic heterocycles. The predicted octanol–water partition coefficient (Wildman–Crippen LogP) is -0.131. The molecule has 1 atom stereocenters. The number of anilines is 1. The molecule has 0 spiro atoms. The average molecular weight is 230 g/mol. The highest BCUT2D eigenvalue weighted by molar-refractivity contribution is 6.54. The van der Waals surface area contributed by atoms with Crippen LogP contribution in [0.3, 0.4) is 0 Å². The average Bonchev–Trinajstić information content (AvgIpc) is 2.75. The number of pyridine rings is 1. The number of nitrogens with one attached hydrogen (secondary N) is 1. The van der Waals surface area contributed by atoms with Gasteiger partial charge in [-0.25, -0.2) is 9.99 Å². The number of hydrogen-bond donors (Lipinski definition) is 2. The van der Waals surface area contributed by atoms with Crippen molar-refractivity contribution in [3.63, 3.8) is 0 Å². The van der Waals surface area contributed by atoms with Gasteiger partial charge in [-0.1, -0.05) is 6.07 Å². The molecule has 1 saturated heterocycles. The van der Waals surface area contributed by atoms with Crippen LogP contribution >= 0.6 is 0 Å². The first-order valence-corrected chi connectivity index (χ1v) is 6.53. The highest BCUT2D eigenvalue weighted by atomic mass is 15.4. The van der Waals surface area contributed by atoms with Gasteiger partial charge in [-0.05, 0) is 36.7 Å². The lowest BCUT2D eigenvalue weighted by atomic mass is 9.61. The van der Waals surface area contributed by atoms with E-state index in [1.165, 1.54) is 24.0 Å². The summed E-state index contributed by atoms with van der Waals surface area (Å²) in [5.41, 5.74) is 2.57. The molecule has 3 rings (SSSR count). The normalized spacial score (nSPS) is 24.2. The molecule has 0 saturated carbocycles. The molecule has 1 fully saturated rings. The van der Waals surface area contributed by atoms with Gasteiger partial charge < -0.3 is 5.32 Å². The van der Waals surface area contributed by atoms with Gasteiger partial charge in [0.1, 0.15) is 5.82 Å². The molecule has 3 N–H and O–H groups in total. The van der Waals surface area contributed by atoms with Crippen LogP contribution in [-0.4, -0.2) is 36.9 Å². The van der Waals surface area contributed by atoms with Crippen molar-refractivity contribution in [2.45, 2.75) is 25.1 Å². The van der Waals surface area contributed by atoms with Crippen LogP contribution in [0.1, 0.15) is 18.4 Å². The molecule has 17 heavy (non-hydrogen) atoms. The Morgan fingerprint density at radius 3 is 3.24 bits per heavy atom. The van der Waals surface area contributed by atoms with E-state index >= 15 is 0 Å². The second-order valence-corrected chi connectivity index (χ2v) is 5.19. The number of rotatable bonds is 2. The van der Waals surface area contributed by atoms with E-state index in [0.29, 0.717) is 5.82 Å². The van der Waals surface area contributed by atoms with Crippen LogP contribution in [0.2, 0.25) is 5.82 Å². The Balaban J connectivity index is 1.71. The molecule has 4 nitrogen and oxygen atoms in total. The van der Waals surface area contributed by atoms with Gasteiger partial charge in [-0.3, -0.25) is 5.84 Å². The van der Waals surface area contributed by atoms with Crippen LogP contribution < -0.4 is 16.8 Å². The van der Waals surface area contributed by atoms with Crippen LogP contribution in [0.15, 0.2) is 12.1 Å². The van der Waals surface area contributed by atoms with Gasteiger partial charge in [0.05, 0.1) is 0 Å². The molecule has 1 aromatic rings. The Kier molecular flexibility index (Phi) is 3.03. The standard InChI is InChI=1S/C12H19BN4/c14-17-7-5-10(8-17)13-11-4-3-9-2-1-6-15-12(9)16-11/h3-4,10,13H,1-2,5-8,14H2,(H,15,16). The fourth-order valence-corrected chi connectivity index (χ4v) is 2.81. The first-order chi connectivity index (χ1) is 8.31. The number of aryl methyl sites for hydroxylation is 1. The third kappa shape index (κ3) is 2.45. The van der Waals surface area contributed by atoms with Crippen LogP contribution in [0.25, 0.3) is 0 Å². The van der Waals surface area contributed by atoms with E-state index in [9.17, 15) is 0 Å². The van der Waals surface area contributed by atoms with E-state index < -0.39 is 0 Å². The lowest BCUT2D eigenvalue weighted by Gasteiger charge is -2.18. The minimum absolute atomic E-state index is 0.675. The Labute approximate surface area is 103 Å². The molecule has 3 heterocycles. The molecular weight excluding hydrogens is 211 g/mol. The largest absolute Gasteiger partial charge is 0.370 e. The number of aromatic nitrogens is 1. The summed E-state index contributed by atoms with van der Waals surface area (Å²) in [5.74, 6) is 7.57. The molecule has 0 bridgehead atoms. The maximum absolute atomic E-state index is 5.79. The Hall–Kier alpha value is -1.07. The topological polar surface area (TPSA) is 54.2 Å². The second-order valence-electron chi connectivity index (χ2n) is 5.19. The van der Waals surface area contributed by atoms with Crippen LogP contribution in [-0.2, 0) is 6.42 Å². The van der Waals surface area contributed by atoms with Crippen molar-refractivity contribution in [2.75, 3.05) is 25.0 Å². The van der Waals surface area contributed by atoms with Crippen molar-refractivity contribution < 1.29 is 0 Å². The number of nitrogens with zero attached hydrogens (tertiary/aromatic N) is 2. The summed E-state index contributed by atoms with van der Waals surface area (Å²) in [4.78, 5) is 4.73. The molecule has 0 amide bonds. The number of hydrogen-bond acceptors (Lipinski definition) is 4. The van der Waals surface area contributed by atoms with Crippen molar-refractivity contribution >= 4 is 18.7 Å². The van der Waals surface area contributed by atoms with E-state index in [4.69, 9.17) is 10.8 Å². The molecule has 0 aromatic carbocycles. The summed E-state index contributed by atoms with van der Waals surface area (Å²) in [5, 5.41) is 5.31. The monoisotopic (exact) mass is 230 g/mol. The zero-order valence-electron chi connectivity index (χ0n) is 10.2. The third-order valence-electron chi connectivity index (χ3n) is 3.77. The van der Waals surface area contributed by atoms with E-state index in [0.717, 1.165) is 39.2 Å². The van der Waals surface area contributed by atoms with E-state index in [2.05, 4.69) is 17.4 Å². The van der Waals surface area contributed by atoms with Gasteiger partial charge in [-0.2, -0.15) is 0 Å². The van der Waals surface area contributed by atoms with Crippen molar-refractivity contribution in [1.82, 2.24) is 9.99 Å². The molecule has 2 aliphatic rings. The van der Waals surface area contributed by atoms with Crippen molar-refractivity contribution in [3.05, 3.63) is 17.7 Å². The van der Waals surface area contributed by atoms with Crippen LogP contribution in [0, 0.1) is 0 Å². The fourth-order valence-electron chi connectivity index (χ4n) is 2.81. The van der Waals surface area contributed by atoms with Gasteiger partial charge in [0.15, 0.2) is 7.28 Å². The van der Waals surface area contributed by atoms with E-state index in [-0.39, 0.29) is 0 Å². The maximum Gasteiger partial charge on any atom is 0.186 e. The van der Waals surface area contributed by atoms with E-state index in [1.807, 2.05) is 5.01 Å². The number of hydrazine groups is 1. The summed E-state index contributed by atoms with van der Waals surface area (Å²) >= 11 is 0. The summed E-state index contributed by atoms with van der Waals surface area (Å²) in [6, 6.07) is 4.42. The number of fused-ring (bicyclic) bond motifs is 1. The molecule has 0 aliphatic carbocycles. The fraction of sp³-hybridized carbons (Fsp3) is 0.583. The first-order valence-electron chi connectivity index (χ1n) is 6.53. The smallest absolute Gasteiger partial charge is 0.186 e. The molecule has 90 valence electrons. The summed E-state index contributed by atoms with van der Waals surface area (Å²) < 4.78 is 0. The second kappa shape index (κ2) is 4.66. The van der Waals surface area contributed by atoms with Crippen LogP contribution in [0.4, 0.5) is 5.82 Å². The summed E-state index contributed by atoms with van der Waals surface area (Å²) in [6.45, 7) is 3.09. The van der Waals surface area contributed by atoms with Crippen molar-refractivity contribution in [2.24, 2.45) is 5.84 Å². The van der Waals surface area contributed by atoms with Crippen molar-refractivity contribution in [3.8, 4) is 0 Å². The Bertz CT molecular complexity index is 409. The van der Waals surface area contributed by atoms with Gasteiger partial charge in [-0.15, -0.1) is 0 Å². The Morgan fingerprint density at radius 2 is 2.41 bits per heavy atom.